The van der Waals surface area contributed by atoms with Gasteiger partial charge in [0.15, 0.2) is 17.7 Å². The van der Waals surface area contributed by atoms with Gasteiger partial charge in [-0.1, -0.05) is 87.4 Å². The number of phosphoric acid groups is 1. The molecule has 0 N–H and O–H groups in total. The van der Waals surface area contributed by atoms with Crippen molar-refractivity contribution in [3.63, 3.8) is 0 Å². The molecule has 2 spiro atoms. The van der Waals surface area contributed by atoms with Gasteiger partial charge in [0.05, 0.1) is 18.6 Å². The van der Waals surface area contributed by atoms with Crippen LogP contribution in [0.15, 0.2) is 60.7 Å². The van der Waals surface area contributed by atoms with E-state index in [-0.39, 0.29) is 13.2 Å². The first-order valence-corrected chi connectivity index (χ1v) is 21.7. The molecular formula is C42H53O12P. The van der Waals surface area contributed by atoms with Crippen molar-refractivity contribution in [2.45, 2.75) is 165 Å². The number of phosphoric ester groups is 1. The Bertz CT molecular complexity index is 1740. The molecule has 2 aromatic rings. The van der Waals surface area contributed by atoms with E-state index in [2.05, 4.69) is 0 Å². The molecule has 0 aromatic heterocycles. The van der Waals surface area contributed by atoms with Crippen molar-refractivity contribution in [2.75, 3.05) is 0 Å². The van der Waals surface area contributed by atoms with Crippen LogP contribution in [0.5, 0.6) is 0 Å². The van der Waals surface area contributed by atoms with Gasteiger partial charge in [-0.05, 0) is 56.6 Å². The van der Waals surface area contributed by atoms with Gasteiger partial charge in [0.1, 0.15) is 30.5 Å². The fraction of sp³-hybridized carbons (Fsp3) is 0.667. The molecule has 7 fully saturated rings. The predicted molar refractivity (Wildman–Crippen MR) is 196 cm³/mol. The second-order valence-electron chi connectivity index (χ2n) is 17.4. The summed E-state index contributed by atoms with van der Waals surface area (Å²) in [4.78, 5) is 28.1. The summed E-state index contributed by atoms with van der Waals surface area (Å²) in [5, 5.41) is 0. The molecule has 55 heavy (non-hydrogen) atoms. The second kappa shape index (κ2) is 14.0. The lowest BCUT2D eigenvalue weighted by atomic mass is 9.66. The van der Waals surface area contributed by atoms with Crippen LogP contribution in [-0.4, -0.2) is 65.7 Å². The summed E-state index contributed by atoms with van der Waals surface area (Å²) >= 11 is 0. The highest BCUT2D eigenvalue weighted by Crippen LogP contribution is 2.66. The molecule has 7 aliphatic rings. The quantitative estimate of drug-likeness (QED) is 0.172. The van der Waals surface area contributed by atoms with Crippen LogP contribution in [0.4, 0.5) is 0 Å². The van der Waals surface area contributed by atoms with Crippen molar-refractivity contribution in [1.82, 2.24) is 0 Å². The van der Waals surface area contributed by atoms with Crippen LogP contribution in [0.25, 0.3) is 0 Å². The minimum atomic E-state index is -4.47. The van der Waals surface area contributed by atoms with Crippen LogP contribution in [0.1, 0.15) is 109 Å². The minimum absolute atomic E-state index is 0.0694. The number of esters is 2. The molecule has 9 rings (SSSR count). The summed E-state index contributed by atoms with van der Waals surface area (Å²) in [6.45, 7) is 5.48. The van der Waals surface area contributed by atoms with Crippen molar-refractivity contribution < 1.29 is 56.1 Å². The first-order valence-electron chi connectivity index (χ1n) is 20.2. The second-order valence-corrected chi connectivity index (χ2v) is 19.0. The summed E-state index contributed by atoms with van der Waals surface area (Å²) in [5.41, 5.74) is -1.73. The van der Waals surface area contributed by atoms with Gasteiger partial charge in [-0.25, -0.2) is 9.36 Å². The van der Waals surface area contributed by atoms with Crippen LogP contribution < -0.4 is 0 Å². The molecule has 12 nitrogen and oxygen atoms in total. The van der Waals surface area contributed by atoms with Crippen molar-refractivity contribution in [2.24, 2.45) is 10.8 Å². The number of hydrogen-bond acceptors (Lipinski definition) is 12. The highest BCUT2D eigenvalue weighted by atomic mass is 31.2. The van der Waals surface area contributed by atoms with E-state index in [4.69, 9.17) is 42.0 Å². The molecular weight excluding hydrogens is 727 g/mol. The number of hydrogen-bond donors (Lipinski definition) is 0. The average Bonchev–Trinajstić information content (AvgIpc) is 3.85. The topological polar surface area (TPSA) is 134 Å². The number of ether oxygens (including phenoxy) is 6. The molecule has 2 aromatic carbocycles. The monoisotopic (exact) mass is 780 g/mol. The molecule has 3 saturated heterocycles. The fourth-order valence-electron chi connectivity index (χ4n) is 10.2. The van der Waals surface area contributed by atoms with Gasteiger partial charge < -0.3 is 28.4 Å². The van der Waals surface area contributed by atoms with E-state index in [1.54, 1.807) is 0 Å². The van der Waals surface area contributed by atoms with Gasteiger partial charge in [-0.2, -0.15) is 0 Å². The van der Waals surface area contributed by atoms with Gasteiger partial charge in [0.25, 0.3) is 0 Å². The smallest absolute Gasteiger partial charge is 0.454 e. The zero-order chi connectivity index (χ0) is 38.1. The summed E-state index contributed by atoms with van der Waals surface area (Å²) < 4.78 is 74.4. The standard InChI is InChI=1S/C42H53O12P/c1-38(2)39(3)24-25-42(38,53-36(39)43)37(44)48-30-31-32(50-40(49-31)20-12-6-13-21-40)33-34(52-41(51-33)22-14-7-15-23-41)35(30)54-55(45,46-26-28-16-8-4-9-17-28)47-27-29-18-10-5-11-19-29/h4-5,8-11,16-19,30-35H,6-7,12-15,20-27H2,1-3H3/t30-,31+,32+,33-,34+,35+,39-,42+/m0/s1. The molecule has 13 heteroatoms. The Kier molecular flexibility index (Phi) is 9.65. The Hall–Kier alpha value is -2.67. The van der Waals surface area contributed by atoms with E-state index < -0.39 is 84.4 Å². The van der Waals surface area contributed by atoms with Gasteiger partial charge in [0, 0.05) is 31.1 Å². The maximum Gasteiger partial charge on any atom is 0.475 e. The van der Waals surface area contributed by atoms with Gasteiger partial charge >= 0.3 is 19.8 Å². The van der Waals surface area contributed by atoms with Crippen molar-refractivity contribution in [1.29, 1.82) is 0 Å². The minimum Gasteiger partial charge on any atom is -0.454 e. The molecule has 2 bridgehead atoms. The first-order chi connectivity index (χ1) is 26.4. The molecule has 3 heterocycles. The van der Waals surface area contributed by atoms with Gasteiger partial charge in [-0.3, -0.25) is 18.4 Å². The van der Waals surface area contributed by atoms with Crippen LogP contribution in [-0.2, 0) is 69.4 Å². The lowest BCUT2D eigenvalue weighted by Gasteiger charge is -2.44. The molecule has 0 unspecified atom stereocenters. The van der Waals surface area contributed by atoms with Crippen LogP contribution in [0, 0.1) is 10.8 Å². The summed E-state index contributed by atoms with van der Waals surface area (Å²) in [7, 11) is -4.47. The molecule has 0 radical (unpaired) electrons. The zero-order valence-electron chi connectivity index (χ0n) is 32.0. The Morgan fingerprint density at radius 1 is 0.655 bits per heavy atom. The Balaban J connectivity index is 1.11. The lowest BCUT2D eigenvalue weighted by molar-refractivity contribution is -0.230. The number of carbonyl (C=O) groups is 2. The van der Waals surface area contributed by atoms with Crippen LogP contribution in [0.2, 0.25) is 0 Å². The summed E-state index contributed by atoms with van der Waals surface area (Å²) in [6.07, 6.45) is 3.66. The van der Waals surface area contributed by atoms with E-state index in [0.29, 0.717) is 38.5 Å². The number of carbonyl (C=O) groups excluding carboxylic acids is 2. The van der Waals surface area contributed by atoms with Gasteiger partial charge in [0.2, 0.25) is 5.60 Å². The van der Waals surface area contributed by atoms with Crippen LogP contribution >= 0.6 is 7.82 Å². The molecule has 4 saturated carbocycles. The zero-order valence-corrected chi connectivity index (χ0v) is 32.9. The average molecular weight is 781 g/mol. The predicted octanol–water partition coefficient (Wildman–Crippen LogP) is 7.85. The molecule has 8 atom stereocenters. The SMILES string of the molecule is CC1(C)[C@@]2(C)CC[C@]1(C(=O)O[C@H]1[C@H]3OC4(CCCCC4)O[C@H]3[C@@H]3OC4(CCCCC4)O[C@H]3[C@@H]1OP(=O)(OCc1ccccc1)OCc1ccccc1)OC2=O. The maximum atomic E-state index is 15.1. The highest BCUT2D eigenvalue weighted by Gasteiger charge is 2.77. The summed E-state index contributed by atoms with van der Waals surface area (Å²) in [5.74, 6) is -2.95. The number of fused-ring (bicyclic) bond motifs is 5. The van der Waals surface area contributed by atoms with E-state index in [1.807, 2.05) is 81.4 Å². The normalized spacial score (nSPS) is 36.7. The summed E-state index contributed by atoms with van der Waals surface area (Å²) in [6, 6.07) is 18.7. The Labute approximate surface area is 322 Å². The highest BCUT2D eigenvalue weighted by molar-refractivity contribution is 7.48. The van der Waals surface area contributed by atoms with E-state index in [0.717, 1.165) is 49.7 Å². The number of rotatable bonds is 10. The van der Waals surface area contributed by atoms with E-state index in [9.17, 15) is 9.59 Å². The lowest BCUT2D eigenvalue weighted by Crippen LogP contribution is -2.64. The maximum absolute atomic E-state index is 15.1. The third-order valence-corrected chi connectivity index (χ3v) is 15.3. The molecule has 0 amide bonds. The molecule has 298 valence electrons. The third-order valence-electron chi connectivity index (χ3n) is 13.9. The van der Waals surface area contributed by atoms with E-state index in [1.165, 1.54) is 0 Å². The Morgan fingerprint density at radius 2 is 1.13 bits per heavy atom. The molecule has 3 aliphatic heterocycles. The number of benzene rings is 2. The Morgan fingerprint density at radius 3 is 1.58 bits per heavy atom. The van der Waals surface area contributed by atoms with Crippen molar-refractivity contribution in [3.8, 4) is 0 Å². The van der Waals surface area contributed by atoms with Crippen molar-refractivity contribution >= 4 is 19.8 Å². The fourth-order valence-corrected chi connectivity index (χ4v) is 11.6. The van der Waals surface area contributed by atoms with E-state index >= 15 is 4.57 Å². The molecule has 4 aliphatic carbocycles. The first kappa shape index (κ1) is 37.9. The van der Waals surface area contributed by atoms with Gasteiger partial charge in [-0.15, -0.1) is 0 Å². The third kappa shape index (κ3) is 6.34. The largest absolute Gasteiger partial charge is 0.475 e. The van der Waals surface area contributed by atoms with Crippen molar-refractivity contribution in [3.05, 3.63) is 71.8 Å². The van der Waals surface area contributed by atoms with Crippen LogP contribution in [0.3, 0.4) is 0 Å².